The van der Waals surface area contributed by atoms with Crippen LogP contribution in [0.2, 0.25) is 0 Å². The third-order valence-electron chi connectivity index (χ3n) is 4.37. The molecule has 1 N–H and O–H groups in total. The highest BCUT2D eigenvalue weighted by Gasteiger charge is 2.36. The largest absolute Gasteiger partial charge is 0.497 e. The Balaban J connectivity index is 2.27. The van der Waals surface area contributed by atoms with Gasteiger partial charge in [0.05, 0.1) is 26.4 Å². The topological polar surface area (TPSA) is 33.7 Å². The number of likely N-dealkylation sites (N-methyl/N-ethyl adjacent to an activating group) is 1. The van der Waals surface area contributed by atoms with Gasteiger partial charge in [0.1, 0.15) is 5.75 Å². The van der Waals surface area contributed by atoms with E-state index in [2.05, 4.69) is 49.2 Å². The van der Waals surface area contributed by atoms with E-state index in [-0.39, 0.29) is 11.6 Å². The summed E-state index contributed by atoms with van der Waals surface area (Å²) in [5.74, 6) is 0.910. The summed E-state index contributed by atoms with van der Waals surface area (Å²) in [5.41, 5.74) is 1.29. The third kappa shape index (κ3) is 3.76. The summed E-state index contributed by atoms with van der Waals surface area (Å²) in [6.07, 6.45) is 0. The number of hydrogen-bond acceptors (Lipinski definition) is 4. The van der Waals surface area contributed by atoms with Crippen molar-refractivity contribution in [2.45, 2.75) is 32.4 Å². The smallest absolute Gasteiger partial charge is 0.119 e. The Morgan fingerprint density at radius 1 is 1.33 bits per heavy atom. The Morgan fingerprint density at radius 2 is 2.05 bits per heavy atom. The van der Waals surface area contributed by atoms with Crippen molar-refractivity contribution >= 4 is 0 Å². The van der Waals surface area contributed by atoms with Crippen LogP contribution in [-0.2, 0) is 4.74 Å². The van der Waals surface area contributed by atoms with Gasteiger partial charge in [-0.3, -0.25) is 4.90 Å². The molecule has 1 heterocycles. The van der Waals surface area contributed by atoms with Gasteiger partial charge < -0.3 is 14.8 Å². The molecule has 4 nitrogen and oxygen atoms in total. The molecule has 0 bridgehead atoms. The van der Waals surface area contributed by atoms with Gasteiger partial charge in [0, 0.05) is 18.6 Å². The molecule has 1 atom stereocenters. The number of methoxy groups -OCH3 is 1. The lowest BCUT2D eigenvalue weighted by Gasteiger charge is -2.46. The van der Waals surface area contributed by atoms with Crippen LogP contribution in [0.25, 0.3) is 0 Å². The van der Waals surface area contributed by atoms with Crippen LogP contribution in [0.1, 0.15) is 32.4 Å². The van der Waals surface area contributed by atoms with E-state index in [1.54, 1.807) is 7.11 Å². The van der Waals surface area contributed by atoms with Crippen LogP contribution in [0.5, 0.6) is 5.75 Å². The van der Waals surface area contributed by atoms with Crippen LogP contribution in [0.15, 0.2) is 24.3 Å². The molecule has 0 amide bonds. The highest BCUT2D eigenvalue weighted by atomic mass is 16.5. The second kappa shape index (κ2) is 7.25. The lowest BCUT2D eigenvalue weighted by atomic mass is 9.86. The highest BCUT2D eigenvalue weighted by molar-refractivity contribution is 5.32. The summed E-state index contributed by atoms with van der Waals surface area (Å²) < 4.78 is 10.9. The molecule has 1 aromatic carbocycles. The fourth-order valence-electron chi connectivity index (χ4n) is 3.12. The number of morpholine rings is 1. The van der Waals surface area contributed by atoms with E-state index in [9.17, 15) is 0 Å². The number of nitrogens with zero attached hydrogens (tertiary/aromatic N) is 1. The molecule has 1 saturated heterocycles. The molecule has 21 heavy (non-hydrogen) atoms. The van der Waals surface area contributed by atoms with Crippen molar-refractivity contribution in [1.29, 1.82) is 0 Å². The monoisotopic (exact) mass is 292 g/mol. The van der Waals surface area contributed by atoms with Crippen molar-refractivity contribution in [1.82, 2.24) is 10.2 Å². The Bertz CT molecular complexity index is 442. The molecule has 1 aliphatic heterocycles. The normalized spacial score (nSPS) is 18.5. The predicted octanol–water partition coefficient (Wildman–Crippen LogP) is 2.46. The molecule has 2 rings (SSSR count). The molecule has 1 aliphatic rings. The first-order valence-electron chi connectivity index (χ1n) is 7.79. The maximum atomic E-state index is 5.49. The number of nitrogens with one attached hydrogen (secondary N) is 1. The van der Waals surface area contributed by atoms with E-state index in [0.29, 0.717) is 0 Å². The maximum absolute atomic E-state index is 5.49. The Kier molecular flexibility index (Phi) is 5.62. The Morgan fingerprint density at radius 3 is 2.67 bits per heavy atom. The van der Waals surface area contributed by atoms with Gasteiger partial charge in [-0.1, -0.05) is 19.1 Å². The molecule has 0 aliphatic carbocycles. The van der Waals surface area contributed by atoms with Crippen molar-refractivity contribution < 1.29 is 9.47 Å². The predicted molar refractivity (Wildman–Crippen MR) is 85.9 cm³/mol. The minimum Gasteiger partial charge on any atom is -0.497 e. The highest BCUT2D eigenvalue weighted by Crippen LogP contribution is 2.33. The van der Waals surface area contributed by atoms with Gasteiger partial charge in [0.2, 0.25) is 0 Å². The molecule has 0 radical (unpaired) electrons. The summed E-state index contributed by atoms with van der Waals surface area (Å²) in [6, 6.07) is 8.63. The van der Waals surface area contributed by atoms with E-state index < -0.39 is 0 Å². The van der Waals surface area contributed by atoms with Crippen molar-refractivity contribution in [2.24, 2.45) is 0 Å². The molecule has 0 spiro atoms. The van der Waals surface area contributed by atoms with E-state index in [4.69, 9.17) is 9.47 Å². The van der Waals surface area contributed by atoms with Gasteiger partial charge in [0.15, 0.2) is 0 Å². The van der Waals surface area contributed by atoms with Crippen molar-refractivity contribution in [3.05, 3.63) is 29.8 Å². The molecule has 0 aromatic heterocycles. The summed E-state index contributed by atoms with van der Waals surface area (Å²) in [6.45, 7) is 11.3. The standard InChI is InChI=1S/C17H28N2O2/c1-5-18-16(14-7-6-8-15(13-14)20-4)17(2,3)19-9-11-21-12-10-19/h6-8,13,16,18H,5,9-12H2,1-4H3. The fourth-order valence-corrected chi connectivity index (χ4v) is 3.12. The quantitative estimate of drug-likeness (QED) is 0.873. The van der Waals surface area contributed by atoms with Crippen molar-refractivity contribution in [3.63, 3.8) is 0 Å². The Labute approximate surface area is 128 Å². The van der Waals surface area contributed by atoms with Crippen LogP contribution >= 0.6 is 0 Å². The van der Waals surface area contributed by atoms with Crippen molar-refractivity contribution in [2.75, 3.05) is 40.0 Å². The van der Waals surface area contributed by atoms with Gasteiger partial charge in [-0.05, 0) is 38.1 Å². The molecule has 1 unspecified atom stereocenters. The summed E-state index contributed by atoms with van der Waals surface area (Å²) >= 11 is 0. The number of benzene rings is 1. The summed E-state index contributed by atoms with van der Waals surface area (Å²) in [7, 11) is 1.72. The average Bonchev–Trinajstić information content (AvgIpc) is 2.53. The van der Waals surface area contributed by atoms with Gasteiger partial charge in [0.25, 0.3) is 0 Å². The molecule has 1 fully saturated rings. The minimum atomic E-state index is 0.0200. The molecule has 118 valence electrons. The first kappa shape index (κ1) is 16.3. The van der Waals surface area contributed by atoms with E-state index in [1.165, 1.54) is 5.56 Å². The number of hydrogen-bond donors (Lipinski definition) is 1. The Hall–Kier alpha value is -1.10. The van der Waals surface area contributed by atoms with Crippen LogP contribution < -0.4 is 10.1 Å². The maximum Gasteiger partial charge on any atom is 0.119 e. The van der Waals surface area contributed by atoms with Crippen molar-refractivity contribution in [3.8, 4) is 5.75 Å². The van der Waals surface area contributed by atoms with E-state index in [0.717, 1.165) is 38.6 Å². The summed E-state index contributed by atoms with van der Waals surface area (Å²) in [4.78, 5) is 2.52. The van der Waals surface area contributed by atoms with Crippen LogP contribution in [0, 0.1) is 0 Å². The first-order chi connectivity index (χ1) is 10.1. The lowest BCUT2D eigenvalue weighted by Crippen LogP contribution is -2.56. The lowest BCUT2D eigenvalue weighted by molar-refractivity contribution is -0.0236. The van der Waals surface area contributed by atoms with Crippen LogP contribution in [0.3, 0.4) is 0 Å². The fraction of sp³-hybridized carbons (Fsp3) is 0.647. The third-order valence-corrected chi connectivity index (χ3v) is 4.37. The SMILES string of the molecule is CCNC(c1cccc(OC)c1)C(C)(C)N1CCOCC1. The average molecular weight is 292 g/mol. The van der Waals surface area contributed by atoms with Crippen LogP contribution in [-0.4, -0.2) is 50.4 Å². The molecular weight excluding hydrogens is 264 g/mol. The van der Waals surface area contributed by atoms with Gasteiger partial charge in [-0.2, -0.15) is 0 Å². The first-order valence-corrected chi connectivity index (χ1v) is 7.79. The second-order valence-corrected chi connectivity index (χ2v) is 6.02. The molecule has 4 heteroatoms. The molecular formula is C17H28N2O2. The zero-order valence-corrected chi connectivity index (χ0v) is 13.7. The van der Waals surface area contributed by atoms with Gasteiger partial charge >= 0.3 is 0 Å². The number of ether oxygens (including phenoxy) is 2. The van der Waals surface area contributed by atoms with Crippen LogP contribution in [0.4, 0.5) is 0 Å². The zero-order valence-electron chi connectivity index (χ0n) is 13.7. The molecule has 0 saturated carbocycles. The minimum absolute atomic E-state index is 0.0200. The summed E-state index contributed by atoms with van der Waals surface area (Å²) in [5, 5.41) is 3.65. The molecule has 1 aromatic rings. The second-order valence-electron chi connectivity index (χ2n) is 6.02. The van der Waals surface area contributed by atoms with Gasteiger partial charge in [-0.25, -0.2) is 0 Å². The zero-order chi connectivity index (χ0) is 15.3. The van der Waals surface area contributed by atoms with E-state index in [1.807, 2.05) is 6.07 Å². The van der Waals surface area contributed by atoms with Gasteiger partial charge in [-0.15, -0.1) is 0 Å². The van der Waals surface area contributed by atoms with E-state index >= 15 is 0 Å². The number of rotatable bonds is 6.